The van der Waals surface area contributed by atoms with Gasteiger partial charge in [0.05, 0.1) is 11.6 Å². The Bertz CT molecular complexity index is 488. The largest absolute Gasteiger partial charge is 0.337 e. The molecular weight excluding hydrogens is 235 g/mol. The zero-order valence-electron chi connectivity index (χ0n) is 10.3. The highest BCUT2D eigenvalue weighted by Crippen LogP contribution is 2.24. The first-order valence-electron chi connectivity index (χ1n) is 5.88. The molecule has 1 aromatic carbocycles. The third kappa shape index (κ3) is 2.20. The van der Waals surface area contributed by atoms with E-state index in [4.69, 9.17) is 0 Å². The molecule has 1 fully saturated rings. The van der Waals surface area contributed by atoms with E-state index in [1.807, 2.05) is 13.8 Å². The summed E-state index contributed by atoms with van der Waals surface area (Å²) in [5.74, 6) is -0.903. The normalized spacial score (nSPS) is 20.2. The summed E-state index contributed by atoms with van der Waals surface area (Å²) in [5, 5.41) is 2.66. The molecule has 3 amide bonds. The molecule has 0 radical (unpaired) electrons. The van der Waals surface area contributed by atoms with Crippen LogP contribution in [-0.4, -0.2) is 18.5 Å². The summed E-state index contributed by atoms with van der Waals surface area (Å²) in [6.45, 7) is 4.18. The zero-order valence-corrected chi connectivity index (χ0v) is 10.3. The van der Waals surface area contributed by atoms with Crippen LogP contribution in [0.25, 0.3) is 0 Å². The highest BCUT2D eigenvalue weighted by Gasteiger charge is 2.36. The van der Waals surface area contributed by atoms with Gasteiger partial charge in [-0.25, -0.2) is 14.1 Å². The van der Waals surface area contributed by atoms with Crippen LogP contribution in [0.4, 0.5) is 14.9 Å². The number of hydrogen-bond donors (Lipinski definition) is 1. The third-order valence-corrected chi connectivity index (χ3v) is 3.09. The topological polar surface area (TPSA) is 49.4 Å². The number of rotatable bonds is 2. The fourth-order valence-corrected chi connectivity index (χ4v) is 2.01. The van der Waals surface area contributed by atoms with Crippen molar-refractivity contribution in [1.29, 1.82) is 0 Å². The lowest BCUT2D eigenvalue weighted by Gasteiger charge is -2.33. The maximum atomic E-state index is 13.2. The molecule has 2 rings (SSSR count). The zero-order chi connectivity index (χ0) is 13.3. The Kier molecular flexibility index (Phi) is 3.32. The van der Waals surface area contributed by atoms with Crippen LogP contribution in [0.3, 0.4) is 0 Å². The van der Waals surface area contributed by atoms with Crippen molar-refractivity contribution in [3.05, 3.63) is 30.1 Å². The van der Waals surface area contributed by atoms with Crippen LogP contribution in [-0.2, 0) is 4.79 Å². The van der Waals surface area contributed by atoms with Crippen molar-refractivity contribution in [2.45, 2.75) is 13.8 Å². The van der Waals surface area contributed by atoms with E-state index in [0.717, 1.165) is 4.90 Å². The lowest BCUT2D eigenvalue weighted by molar-refractivity contribution is -0.123. The first-order chi connectivity index (χ1) is 8.50. The van der Waals surface area contributed by atoms with E-state index in [9.17, 15) is 14.0 Å². The van der Waals surface area contributed by atoms with E-state index in [1.165, 1.54) is 18.2 Å². The van der Waals surface area contributed by atoms with Gasteiger partial charge in [0.2, 0.25) is 5.91 Å². The van der Waals surface area contributed by atoms with Crippen LogP contribution in [0.1, 0.15) is 13.8 Å². The molecule has 1 N–H and O–H groups in total. The summed E-state index contributed by atoms with van der Waals surface area (Å²) in [4.78, 5) is 25.0. The number of carbonyl (C=O) groups is 2. The van der Waals surface area contributed by atoms with Crippen molar-refractivity contribution in [3.63, 3.8) is 0 Å². The average Bonchev–Trinajstić information content (AvgIpc) is 2.28. The maximum absolute atomic E-state index is 13.2. The number of nitrogens with one attached hydrogen (secondary N) is 1. The number of amides is 3. The Hall–Kier alpha value is -1.91. The molecule has 0 aromatic heterocycles. The van der Waals surface area contributed by atoms with Gasteiger partial charge in [-0.1, -0.05) is 19.9 Å². The summed E-state index contributed by atoms with van der Waals surface area (Å²) in [6.07, 6.45) is 0. The van der Waals surface area contributed by atoms with Crippen LogP contribution in [0.2, 0.25) is 0 Å². The molecule has 1 heterocycles. The van der Waals surface area contributed by atoms with E-state index in [1.54, 1.807) is 6.07 Å². The molecule has 1 saturated heterocycles. The molecule has 4 nitrogen and oxygen atoms in total. The van der Waals surface area contributed by atoms with E-state index >= 15 is 0 Å². The van der Waals surface area contributed by atoms with Gasteiger partial charge in [-0.15, -0.1) is 0 Å². The van der Waals surface area contributed by atoms with Crippen LogP contribution < -0.4 is 10.2 Å². The van der Waals surface area contributed by atoms with Gasteiger partial charge < -0.3 is 5.32 Å². The maximum Gasteiger partial charge on any atom is 0.328 e. The summed E-state index contributed by atoms with van der Waals surface area (Å²) < 4.78 is 13.2. The van der Waals surface area contributed by atoms with E-state index < -0.39 is 11.8 Å². The van der Waals surface area contributed by atoms with Gasteiger partial charge in [-0.3, -0.25) is 4.79 Å². The summed E-state index contributed by atoms with van der Waals surface area (Å²) in [7, 11) is 0. The van der Waals surface area contributed by atoms with E-state index in [0.29, 0.717) is 6.54 Å². The van der Waals surface area contributed by atoms with E-state index in [2.05, 4.69) is 5.32 Å². The standard InChI is InChI=1S/C13H15FN2O2/c1-8(2)11-7-15-13(18)16(12(11)17)10-5-3-4-9(14)6-10/h3-6,8,11H,7H2,1-2H3,(H,15,18). The Labute approximate surface area is 105 Å². The van der Waals surface area contributed by atoms with Gasteiger partial charge in [0.25, 0.3) is 0 Å². The molecule has 0 bridgehead atoms. The minimum Gasteiger partial charge on any atom is -0.337 e. The van der Waals surface area contributed by atoms with Crippen molar-refractivity contribution < 1.29 is 14.0 Å². The Balaban J connectivity index is 2.35. The number of urea groups is 1. The molecule has 0 aliphatic carbocycles. The third-order valence-electron chi connectivity index (χ3n) is 3.09. The number of hydrogen-bond acceptors (Lipinski definition) is 2. The highest BCUT2D eigenvalue weighted by atomic mass is 19.1. The monoisotopic (exact) mass is 250 g/mol. The highest BCUT2D eigenvalue weighted by molar-refractivity contribution is 6.16. The SMILES string of the molecule is CC(C)C1CNC(=O)N(c2cccc(F)c2)C1=O. The molecule has 5 heteroatoms. The summed E-state index contributed by atoms with van der Waals surface area (Å²) in [5.41, 5.74) is 0.267. The average molecular weight is 250 g/mol. The van der Waals surface area contributed by atoms with Crippen molar-refractivity contribution in [1.82, 2.24) is 5.32 Å². The second-order valence-corrected chi connectivity index (χ2v) is 4.69. The fourth-order valence-electron chi connectivity index (χ4n) is 2.01. The fraction of sp³-hybridized carbons (Fsp3) is 0.385. The number of halogens is 1. The summed E-state index contributed by atoms with van der Waals surface area (Å²) >= 11 is 0. The second-order valence-electron chi connectivity index (χ2n) is 4.69. The molecule has 0 saturated carbocycles. The van der Waals surface area contributed by atoms with Gasteiger partial charge in [-0.2, -0.15) is 0 Å². The number of nitrogens with zero attached hydrogens (tertiary/aromatic N) is 1. The van der Waals surface area contributed by atoms with Crippen molar-refractivity contribution in [3.8, 4) is 0 Å². The first-order valence-corrected chi connectivity index (χ1v) is 5.88. The lowest BCUT2D eigenvalue weighted by Crippen LogP contribution is -2.56. The van der Waals surface area contributed by atoms with Crippen LogP contribution in [0.5, 0.6) is 0 Å². The smallest absolute Gasteiger partial charge is 0.328 e. The Morgan fingerprint density at radius 2 is 2.11 bits per heavy atom. The second kappa shape index (κ2) is 4.76. The molecule has 1 atom stereocenters. The van der Waals surface area contributed by atoms with Gasteiger partial charge in [-0.05, 0) is 24.1 Å². The number of anilines is 1. The molecule has 1 aliphatic rings. The number of carbonyl (C=O) groups excluding carboxylic acids is 2. The van der Waals surface area contributed by atoms with Crippen LogP contribution >= 0.6 is 0 Å². The van der Waals surface area contributed by atoms with E-state index in [-0.39, 0.29) is 23.4 Å². The lowest BCUT2D eigenvalue weighted by atomic mass is 9.92. The quantitative estimate of drug-likeness (QED) is 0.874. The summed E-state index contributed by atoms with van der Waals surface area (Å²) in [6, 6.07) is 4.98. The molecule has 96 valence electrons. The van der Waals surface area contributed by atoms with Gasteiger partial charge >= 0.3 is 6.03 Å². The van der Waals surface area contributed by atoms with Crippen molar-refractivity contribution >= 4 is 17.6 Å². The van der Waals surface area contributed by atoms with Gasteiger partial charge in [0.1, 0.15) is 5.82 Å². The van der Waals surface area contributed by atoms with Gasteiger partial charge in [0.15, 0.2) is 0 Å². The van der Waals surface area contributed by atoms with Crippen molar-refractivity contribution in [2.24, 2.45) is 11.8 Å². The predicted octanol–water partition coefficient (Wildman–Crippen LogP) is 2.15. The predicted molar refractivity (Wildman–Crippen MR) is 65.6 cm³/mol. The van der Waals surface area contributed by atoms with Crippen molar-refractivity contribution in [2.75, 3.05) is 11.4 Å². The van der Waals surface area contributed by atoms with Crippen LogP contribution in [0.15, 0.2) is 24.3 Å². The molecule has 18 heavy (non-hydrogen) atoms. The minimum absolute atomic E-state index is 0.120. The number of imide groups is 1. The molecule has 1 unspecified atom stereocenters. The molecule has 1 aliphatic heterocycles. The molecule has 0 spiro atoms. The van der Waals surface area contributed by atoms with Crippen LogP contribution in [0, 0.1) is 17.7 Å². The Morgan fingerprint density at radius 3 is 2.72 bits per heavy atom. The number of benzene rings is 1. The molecule has 1 aromatic rings. The first kappa shape index (κ1) is 12.5. The molecular formula is C13H15FN2O2. The Morgan fingerprint density at radius 1 is 1.39 bits per heavy atom. The van der Waals surface area contributed by atoms with Gasteiger partial charge in [0, 0.05) is 6.54 Å². The minimum atomic E-state index is -0.498.